The number of fused-ring (bicyclic) bond motifs is 1. The van der Waals surface area contributed by atoms with Crippen molar-refractivity contribution in [2.45, 2.75) is 37.8 Å². The molecule has 1 aliphatic rings. The molecule has 3 N–H and O–H groups in total. The molecule has 1 aromatic carbocycles. The van der Waals surface area contributed by atoms with Gasteiger partial charge in [-0.3, -0.25) is 4.79 Å². The second-order valence-corrected chi connectivity index (χ2v) is 7.85. The van der Waals surface area contributed by atoms with Gasteiger partial charge in [-0.1, -0.05) is 12.1 Å². The lowest BCUT2D eigenvalue weighted by Crippen LogP contribution is -2.40. The van der Waals surface area contributed by atoms with Crippen molar-refractivity contribution in [3.63, 3.8) is 0 Å². The zero-order valence-electron chi connectivity index (χ0n) is 17.2. The average Bonchev–Trinajstić information content (AvgIpc) is 2.75. The molecule has 0 atom stereocenters. The van der Waals surface area contributed by atoms with Gasteiger partial charge >= 0.3 is 0 Å². The Morgan fingerprint density at radius 1 is 1.03 bits per heavy atom. The van der Waals surface area contributed by atoms with Crippen molar-refractivity contribution in [3.8, 4) is 5.88 Å². The summed E-state index contributed by atoms with van der Waals surface area (Å²) in [5.74, 6) is 1.28. The standard InChI is InChI=1S/C22H26N6O2/c1-28(2)20-17-5-3-4-6-18(17)26-22(27-20)25-16-10-8-15(9-11-16)24-21(30)14-7-12-19(29)23-13-14/h3-7,12-13,15-16H,8-11H2,1-2H3,(H,23,29)(H,24,30)(H,25,26,27)/t15-,16+. The van der Waals surface area contributed by atoms with Crippen LogP contribution in [0.25, 0.3) is 10.9 Å². The molecular formula is C22H26N6O2. The predicted octanol–water partition coefficient (Wildman–Crippen LogP) is 2.95. The molecule has 0 saturated heterocycles. The van der Waals surface area contributed by atoms with Crippen molar-refractivity contribution >= 4 is 28.6 Å². The number of aromatic nitrogens is 3. The molecule has 0 bridgehead atoms. The van der Waals surface area contributed by atoms with Gasteiger partial charge in [0.1, 0.15) is 5.82 Å². The third-order valence-corrected chi connectivity index (χ3v) is 5.41. The van der Waals surface area contributed by atoms with E-state index in [1.807, 2.05) is 43.3 Å². The van der Waals surface area contributed by atoms with Crippen LogP contribution < -0.4 is 15.5 Å². The number of amides is 1. The van der Waals surface area contributed by atoms with E-state index in [1.165, 1.54) is 12.3 Å². The normalized spacial score (nSPS) is 18.7. The summed E-state index contributed by atoms with van der Waals surface area (Å²) < 4.78 is 0. The molecule has 1 aliphatic carbocycles. The smallest absolute Gasteiger partial charge is 0.253 e. The Labute approximate surface area is 175 Å². The Hall–Kier alpha value is -3.42. The molecule has 0 aliphatic heterocycles. The predicted molar refractivity (Wildman–Crippen MR) is 117 cm³/mol. The van der Waals surface area contributed by atoms with Crippen molar-refractivity contribution < 1.29 is 9.90 Å². The Bertz CT molecular complexity index is 1030. The average molecular weight is 406 g/mol. The summed E-state index contributed by atoms with van der Waals surface area (Å²) in [6.45, 7) is 0. The lowest BCUT2D eigenvalue weighted by atomic mass is 9.91. The Balaban J connectivity index is 1.37. The van der Waals surface area contributed by atoms with Gasteiger partial charge in [0, 0.05) is 43.8 Å². The van der Waals surface area contributed by atoms with Gasteiger partial charge in [0.25, 0.3) is 5.91 Å². The number of carbonyl (C=O) groups excluding carboxylic acids is 1. The summed E-state index contributed by atoms with van der Waals surface area (Å²) in [5, 5.41) is 16.8. The van der Waals surface area contributed by atoms with Crippen LogP contribution in [0.1, 0.15) is 36.0 Å². The van der Waals surface area contributed by atoms with Crippen LogP contribution in [0.2, 0.25) is 0 Å². The molecule has 0 radical (unpaired) electrons. The number of para-hydroxylation sites is 1. The van der Waals surface area contributed by atoms with Crippen molar-refractivity contribution in [2.24, 2.45) is 0 Å². The van der Waals surface area contributed by atoms with Crippen molar-refractivity contribution in [2.75, 3.05) is 24.3 Å². The van der Waals surface area contributed by atoms with Crippen LogP contribution in [0.5, 0.6) is 5.88 Å². The number of nitrogens with one attached hydrogen (secondary N) is 2. The van der Waals surface area contributed by atoms with E-state index in [-0.39, 0.29) is 23.9 Å². The first-order valence-corrected chi connectivity index (χ1v) is 10.2. The molecule has 156 valence electrons. The minimum Gasteiger partial charge on any atom is -0.493 e. The Morgan fingerprint density at radius 2 is 1.77 bits per heavy atom. The molecule has 8 heteroatoms. The fourth-order valence-corrected chi connectivity index (χ4v) is 3.82. The quantitative estimate of drug-likeness (QED) is 0.598. The third-order valence-electron chi connectivity index (χ3n) is 5.41. The highest BCUT2D eigenvalue weighted by molar-refractivity contribution is 5.94. The molecule has 1 fully saturated rings. The topological polar surface area (TPSA) is 103 Å². The highest BCUT2D eigenvalue weighted by Gasteiger charge is 2.24. The summed E-state index contributed by atoms with van der Waals surface area (Å²) in [6.07, 6.45) is 4.99. The summed E-state index contributed by atoms with van der Waals surface area (Å²) in [7, 11) is 3.96. The molecular weight excluding hydrogens is 380 g/mol. The number of benzene rings is 1. The molecule has 0 spiro atoms. The van der Waals surface area contributed by atoms with Crippen LogP contribution in [0.15, 0.2) is 42.6 Å². The molecule has 3 aromatic rings. The van der Waals surface area contributed by atoms with Crippen molar-refractivity contribution in [3.05, 3.63) is 48.2 Å². The highest BCUT2D eigenvalue weighted by atomic mass is 16.3. The van der Waals surface area contributed by atoms with Gasteiger partial charge in [0.2, 0.25) is 11.8 Å². The maximum atomic E-state index is 12.3. The summed E-state index contributed by atoms with van der Waals surface area (Å²) in [4.78, 5) is 27.5. The minimum atomic E-state index is -0.160. The number of nitrogens with zero attached hydrogens (tertiary/aromatic N) is 4. The van der Waals surface area contributed by atoms with Gasteiger partial charge in [0.15, 0.2) is 0 Å². The molecule has 2 aromatic heterocycles. The van der Waals surface area contributed by atoms with Crippen LogP contribution in [-0.2, 0) is 0 Å². The second-order valence-electron chi connectivity index (χ2n) is 7.85. The van der Waals surface area contributed by atoms with Crippen LogP contribution >= 0.6 is 0 Å². The lowest BCUT2D eigenvalue weighted by molar-refractivity contribution is 0.0926. The molecule has 1 saturated carbocycles. The summed E-state index contributed by atoms with van der Waals surface area (Å²) in [6, 6.07) is 11.4. The van der Waals surface area contributed by atoms with Gasteiger partial charge in [-0.05, 0) is 43.9 Å². The van der Waals surface area contributed by atoms with E-state index in [2.05, 4.69) is 20.6 Å². The number of rotatable bonds is 5. The van der Waals surface area contributed by atoms with Gasteiger partial charge in [-0.15, -0.1) is 0 Å². The van der Waals surface area contributed by atoms with Gasteiger partial charge in [-0.25, -0.2) is 9.97 Å². The number of hydrogen-bond acceptors (Lipinski definition) is 7. The van der Waals surface area contributed by atoms with Crippen LogP contribution in [0.3, 0.4) is 0 Å². The Morgan fingerprint density at radius 3 is 2.47 bits per heavy atom. The second kappa shape index (κ2) is 8.52. The van der Waals surface area contributed by atoms with E-state index < -0.39 is 0 Å². The number of hydrogen-bond donors (Lipinski definition) is 3. The zero-order valence-corrected chi connectivity index (χ0v) is 17.2. The number of aromatic hydroxyl groups is 1. The fraction of sp³-hybridized carbons (Fsp3) is 0.364. The van der Waals surface area contributed by atoms with E-state index in [0.717, 1.165) is 42.4 Å². The lowest BCUT2D eigenvalue weighted by Gasteiger charge is -2.30. The maximum Gasteiger partial charge on any atom is 0.253 e. The van der Waals surface area contributed by atoms with Crippen molar-refractivity contribution in [1.82, 2.24) is 20.3 Å². The van der Waals surface area contributed by atoms with Gasteiger partial charge in [0.05, 0.1) is 11.1 Å². The monoisotopic (exact) mass is 406 g/mol. The van der Waals surface area contributed by atoms with E-state index in [9.17, 15) is 9.90 Å². The molecule has 30 heavy (non-hydrogen) atoms. The molecule has 8 nitrogen and oxygen atoms in total. The van der Waals surface area contributed by atoms with E-state index in [1.54, 1.807) is 6.07 Å². The molecule has 2 heterocycles. The Kier molecular flexibility index (Phi) is 5.65. The van der Waals surface area contributed by atoms with Crippen LogP contribution in [0.4, 0.5) is 11.8 Å². The van der Waals surface area contributed by atoms with Crippen LogP contribution in [-0.4, -0.2) is 52.1 Å². The van der Waals surface area contributed by atoms with Gasteiger partial charge in [-0.2, -0.15) is 4.98 Å². The van der Waals surface area contributed by atoms with Crippen LogP contribution in [0, 0.1) is 0 Å². The number of carbonyl (C=O) groups is 1. The van der Waals surface area contributed by atoms with Crippen molar-refractivity contribution in [1.29, 1.82) is 0 Å². The summed E-state index contributed by atoms with van der Waals surface area (Å²) >= 11 is 0. The first kappa shape index (κ1) is 19.9. The minimum absolute atomic E-state index is 0.0912. The highest BCUT2D eigenvalue weighted by Crippen LogP contribution is 2.26. The number of anilines is 2. The SMILES string of the molecule is CN(C)c1nc(N[C@H]2CC[C@@H](NC(=O)c3ccc(O)nc3)CC2)nc2ccccc12. The zero-order chi connectivity index (χ0) is 21.1. The molecule has 1 amide bonds. The molecule has 0 unspecified atom stereocenters. The fourth-order valence-electron chi connectivity index (χ4n) is 3.82. The summed E-state index contributed by atoms with van der Waals surface area (Å²) in [5.41, 5.74) is 1.37. The maximum absolute atomic E-state index is 12.3. The van der Waals surface area contributed by atoms with E-state index in [0.29, 0.717) is 11.5 Å². The first-order chi connectivity index (χ1) is 14.5. The van der Waals surface area contributed by atoms with Gasteiger partial charge < -0.3 is 20.6 Å². The van der Waals surface area contributed by atoms with E-state index in [4.69, 9.17) is 4.98 Å². The largest absolute Gasteiger partial charge is 0.493 e. The third kappa shape index (κ3) is 4.42. The first-order valence-electron chi connectivity index (χ1n) is 10.2. The number of pyridine rings is 1. The molecule has 4 rings (SSSR count). The van der Waals surface area contributed by atoms with E-state index >= 15 is 0 Å².